The normalized spacial score (nSPS) is 15.0. The summed E-state index contributed by atoms with van der Waals surface area (Å²) in [4.78, 5) is 17.1. The third kappa shape index (κ3) is 5.65. The number of anilines is 2. The first-order valence-corrected chi connectivity index (χ1v) is 11.4. The molecule has 0 aliphatic carbocycles. The van der Waals surface area contributed by atoms with E-state index in [2.05, 4.69) is 32.2 Å². The molecule has 2 heterocycles. The largest absolute Gasteiger partial charge is 0.370 e. The summed E-state index contributed by atoms with van der Waals surface area (Å²) in [5, 5.41) is 12.4. The Morgan fingerprint density at radius 2 is 1.81 bits per heavy atom. The van der Waals surface area contributed by atoms with Crippen molar-refractivity contribution in [2.24, 2.45) is 0 Å². The molecule has 1 fully saturated rings. The second kappa shape index (κ2) is 9.98. The predicted octanol–water partition coefficient (Wildman–Crippen LogP) is 4.20. The Balaban J connectivity index is 1.31. The van der Waals surface area contributed by atoms with Crippen LogP contribution in [0.1, 0.15) is 33.7 Å². The number of hydrogen-bond donors (Lipinski definition) is 1. The molecule has 8 heteroatoms. The standard InChI is InChI=1S/C23H26FN5OS/c1-2-17-4-8-19(9-5-17)25-22(30)23-27-26-21(31-23)16-28-12-3-13-29(15-14-28)20-10-6-18(24)7-11-20/h4-11H,2-3,12-16H2,1H3,(H,25,30). The van der Waals surface area contributed by atoms with E-state index in [-0.39, 0.29) is 11.7 Å². The van der Waals surface area contributed by atoms with Gasteiger partial charge in [-0.1, -0.05) is 30.4 Å². The van der Waals surface area contributed by atoms with Gasteiger partial charge in [-0.2, -0.15) is 0 Å². The highest BCUT2D eigenvalue weighted by atomic mass is 32.1. The zero-order valence-corrected chi connectivity index (χ0v) is 18.4. The van der Waals surface area contributed by atoms with Crippen molar-refractivity contribution in [3.8, 4) is 0 Å². The number of nitrogens with zero attached hydrogens (tertiary/aromatic N) is 4. The molecular weight excluding hydrogens is 413 g/mol. The summed E-state index contributed by atoms with van der Waals surface area (Å²) < 4.78 is 13.2. The molecule has 4 rings (SSSR count). The zero-order chi connectivity index (χ0) is 21.6. The first kappa shape index (κ1) is 21.4. The third-order valence-electron chi connectivity index (χ3n) is 5.42. The summed E-state index contributed by atoms with van der Waals surface area (Å²) >= 11 is 1.34. The van der Waals surface area contributed by atoms with Crippen LogP contribution in [0.25, 0.3) is 0 Å². The van der Waals surface area contributed by atoms with Gasteiger partial charge in [0.25, 0.3) is 5.91 Å². The van der Waals surface area contributed by atoms with Gasteiger partial charge in [-0.15, -0.1) is 10.2 Å². The lowest BCUT2D eigenvalue weighted by Gasteiger charge is -2.23. The number of benzene rings is 2. The quantitative estimate of drug-likeness (QED) is 0.624. The van der Waals surface area contributed by atoms with E-state index < -0.39 is 0 Å². The summed E-state index contributed by atoms with van der Waals surface area (Å²) in [6.45, 7) is 6.40. The van der Waals surface area contributed by atoms with Crippen molar-refractivity contribution >= 4 is 28.6 Å². The lowest BCUT2D eigenvalue weighted by Crippen LogP contribution is -2.30. The van der Waals surface area contributed by atoms with Gasteiger partial charge in [0.1, 0.15) is 10.8 Å². The Labute approximate surface area is 185 Å². The van der Waals surface area contributed by atoms with Gasteiger partial charge in [0.15, 0.2) is 0 Å². The van der Waals surface area contributed by atoms with Crippen LogP contribution in [0.15, 0.2) is 48.5 Å². The number of hydrogen-bond acceptors (Lipinski definition) is 6. The predicted molar refractivity (Wildman–Crippen MR) is 122 cm³/mol. The maximum atomic E-state index is 13.2. The molecule has 0 spiro atoms. The fraction of sp³-hybridized carbons (Fsp3) is 0.348. The number of nitrogens with one attached hydrogen (secondary N) is 1. The van der Waals surface area contributed by atoms with Crippen LogP contribution in [-0.2, 0) is 13.0 Å². The smallest absolute Gasteiger partial charge is 0.286 e. The monoisotopic (exact) mass is 439 g/mol. The SMILES string of the molecule is CCc1ccc(NC(=O)c2nnc(CN3CCCN(c4ccc(F)cc4)CC3)s2)cc1. The Bertz CT molecular complexity index is 1010. The van der Waals surface area contributed by atoms with E-state index in [1.165, 1.54) is 29.0 Å². The topological polar surface area (TPSA) is 61.4 Å². The average molecular weight is 440 g/mol. The van der Waals surface area contributed by atoms with E-state index in [1.54, 1.807) is 0 Å². The Kier molecular flexibility index (Phi) is 6.89. The molecular formula is C23H26FN5OS. The molecule has 162 valence electrons. The lowest BCUT2D eigenvalue weighted by atomic mass is 10.1. The van der Waals surface area contributed by atoms with Gasteiger partial charge in [-0.05, 0) is 54.8 Å². The van der Waals surface area contributed by atoms with Crippen LogP contribution >= 0.6 is 11.3 Å². The van der Waals surface area contributed by atoms with Crippen molar-refractivity contribution in [2.45, 2.75) is 26.3 Å². The molecule has 0 unspecified atom stereocenters. The Hall–Kier alpha value is -2.84. The van der Waals surface area contributed by atoms with Crippen molar-refractivity contribution < 1.29 is 9.18 Å². The van der Waals surface area contributed by atoms with Crippen LogP contribution in [0.3, 0.4) is 0 Å². The molecule has 6 nitrogen and oxygen atoms in total. The van der Waals surface area contributed by atoms with Crippen LogP contribution in [-0.4, -0.2) is 47.2 Å². The van der Waals surface area contributed by atoms with Crippen LogP contribution in [0.5, 0.6) is 0 Å². The number of rotatable bonds is 6. The van der Waals surface area contributed by atoms with Crippen LogP contribution in [0.4, 0.5) is 15.8 Å². The summed E-state index contributed by atoms with van der Waals surface area (Å²) in [7, 11) is 0. The van der Waals surface area contributed by atoms with Gasteiger partial charge >= 0.3 is 0 Å². The van der Waals surface area contributed by atoms with Gasteiger partial charge in [-0.3, -0.25) is 9.69 Å². The molecule has 0 radical (unpaired) electrons. The highest BCUT2D eigenvalue weighted by Gasteiger charge is 2.19. The molecule has 1 aromatic heterocycles. The fourth-order valence-corrected chi connectivity index (χ4v) is 4.43. The molecule has 31 heavy (non-hydrogen) atoms. The zero-order valence-electron chi connectivity index (χ0n) is 17.6. The Morgan fingerprint density at radius 1 is 1.03 bits per heavy atom. The summed E-state index contributed by atoms with van der Waals surface area (Å²) in [6, 6.07) is 14.5. The maximum Gasteiger partial charge on any atom is 0.286 e. The number of halogens is 1. The van der Waals surface area contributed by atoms with Gasteiger partial charge < -0.3 is 10.2 Å². The van der Waals surface area contributed by atoms with Crippen LogP contribution in [0.2, 0.25) is 0 Å². The highest BCUT2D eigenvalue weighted by molar-refractivity contribution is 7.13. The van der Waals surface area contributed by atoms with Gasteiger partial charge in [-0.25, -0.2) is 4.39 Å². The molecule has 1 aliphatic heterocycles. The van der Waals surface area contributed by atoms with Crippen molar-refractivity contribution in [1.29, 1.82) is 0 Å². The van der Waals surface area contributed by atoms with Crippen molar-refractivity contribution in [3.05, 3.63) is 69.9 Å². The number of aryl methyl sites for hydroxylation is 1. The second-order valence-electron chi connectivity index (χ2n) is 7.60. The molecule has 3 aromatic rings. The fourth-order valence-electron chi connectivity index (χ4n) is 3.65. The third-order valence-corrected chi connectivity index (χ3v) is 6.33. The van der Waals surface area contributed by atoms with Crippen molar-refractivity contribution in [3.63, 3.8) is 0 Å². The molecule has 1 N–H and O–H groups in total. The molecule has 1 amide bonds. The number of aromatic nitrogens is 2. The van der Waals surface area contributed by atoms with E-state index in [1.807, 2.05) is 36.4 Å². The minimum atomic E-state index is -0.230. The molecule has 2 aromatic carbocycles. The van der Waals surface area contributed by atoms with Crippen LogP contribution < -0.4 is 10.2 Å². The molecule has 0 bridgehead atoms. The van der Waals surface area contributed by atoms with Gasteiger partial charge in [0.2, 0.25) is 5.01 Å². The van der Waals surface area contributed by atoms with Crippen molar-refractivity contribution in [1.82, 2.24) is 15.1 Å². The highest BCUT2D eigenvalue weighted by Crippen LogP contribution is 2.19. The lowest BCUT2D eigenvalue weighted by molar-refractivity contribution is 0.102. The average Bonchev–Trinajstić information content (AvgIpc) is 3.13. The van der Waals surface area contributed by atoms with Gasteiger partial charge in [0.05, 0.1) is 6.54 Å². The number of carbonyl (C=O) groups is 1. The molecule has 0 atom stereocenters. The second-order valence-corrected chi connectivity index (χ2v) is 8.66. The number of carbonyl (C=O) groups excluding carboxylic acids is 1. The molecule has 0 saturated carbocycles. The van der Waals surface area contributed by atoms with Crippen molar-refractivity contribution in [2.75, 3.05) is 36.4 Å². The summed E-state index contributed by atoms with van der Waals surface area (Å²) in [6.07, 6.45) is 1.98. The van der Waals surface area contributed by atoms with Gasteiger partial charge in [0, 0.05) is 37.6 Å². The minimum absolute atomic E-state index is 0.214. The first-order chi connectivity index (χ1) is 15.1. The Morgan fingerprint density at radius 3 is 2.55 bits per heavy atom. The van der Waals surface area contributed by atoms with E-state index in [0.717, 1.165) is 55.4 Å². The van der Waals surface area contributed by atoms with E-state index in [0.29, 0.717) is 11.6 Å². The van der Waals surface area contributed by atoms with E-state index in [4.69, 9.17) is 0 Å². The van der Waals surface area contributed by atoms with E-state index >= 15 is 0 Å². The molecule has 1 saturated heterocycles. The maximum absolute atomic E-state index is 13.2. The first-order valence-electron chi connectivity index (χ1n) is 10.6. The molecule has 1 aliphatic rings. The number of amides is 1. The van der Waals surface area contributed by atoms with Crippen LogP contribution in [0, 0.1) is 5.82 Å². The summed E-state index contributed by atoms with van der Waals surface area (Å²) in [5.74, 6) is -0.444. The summed E-state index contributed by atoms with van der Waals surface area (Å²) in [5.41, 5.74) is 3.03. The minimum Gasteiger partial charge on any atom is -0.370 e. The van der Waals surface area contributed by atoms with E-state index in [9.17, 15) is 9.18 Å².